The number of carboxylic acids is 1. The molecule has 0 aromatic rings. The molecule has 0 aliphatic heterocycles. The average Bonchev–Trinajstić information content (AvgIpc) is 2.72. The molecule has 1 N–H and O–H groups in total. The molecule has 0 aliphatic carbocycles. The number of carboxylic acid groups (broad SMARTS) is 1. The Balaban J connectivity index is 3.92. The van der Waals surface area contributed by atoms with Crippen LogP contribution in [0.4, 0.5) is 0 Å². The minimum atomic E-state index is -0.749. The second-order valence-corrected chi connectivity index (χ2v) is 10.3. The van der Waals surface area contributed by atoms with E-state index in [9.17, 15) is 19.2 Å². The van der Waals surface area contributed by atoms with Gasteiger partial charge in [0.15, 0.2) is 6.54 Å². The molecule has 0 bridgehead atoms. The Bertz CT molecular complexity index is 602. The molecule has 7 heteroatoms. The van der Waals surface area contributed by atoms with Crippen molar-refractivity contribution >= 4 is 23.5 Å². The maximum Gasteiger partial charge on any atom is 0.359 e. The van der Waals surface area contributed by atoms with Gasteiger partial charge in [-0.25, -0.2) is 4.79 Å². The van der Waals surface area contributed by atoms with Crippen LogP contribution in [0, 0.1) is 5.92 Å². The summed E-state index contributed by atoms with van der Waals surface area (Å²) in [5, 5.41) is 8.92. The lowest BCUT2D eigenvalue weighted by Gasteiger charge is -2.27. The average molecular weight is 485 g/mol. The van der Waals surface area contributed by atoms with Gasteiger partial charge in [0.1, 0.15) is 11.6 Å². The highest BCUT2D eigenvalue weighted by Gasteiger charge is 2.22. The van der Waals surface area contributed by atoms with E-state index in [0.29, 0.717) is 30.4 Å². The smallest absolute Gasteiger partial charge is 0.359 e. The molecule has 0 spiro atoms. The summed E-state index contributed by atoms with van der Waals surface area (Å²) in [5.41, 5.74) is 0. The lowest BCUT2D eigenvalue weighted by molar-refractivity contribution is -0.883. The number of rotatable bonds is 23. The SMILES string of the molecule is CCOC(=O)C(CCCCCC(C)=O)CC(=O)CCCCCCCCCC[N+](C)(C)CC(=O)O. The molecule has 34 heavy (non-hydrogen) atoms. The molecule has 0 amide bonds. The van der Waals surface area contributed by atoms with Crippen molar-refractivity contribution in [2.24, 2.45) is 5.92 Å². The number of esters is 1. The quantitative estimate of drug-likeness (QED) is 0.119. The third-order valence-corrected chi connectivity index (χ3v) is 6.21. The number of likely N-dealkylation sites (N-methyl/N-ethyl adjacent to an activating group) is 1. The highest BCUT2D eigenvalue weighted by Crippen LogP contribution is 2.19. The fraction of sp³-hybridized carbons (Fsp3) is 0.852. The van der Waals surface area contributed by atoms with Crippen LogP contribution in [0.5, 0.6) is 0 Å². The molecule has 0 aromatic heterocycles. The molecular weight excluding hydrogens is 434 g/mol. The van der Waals surface area contributed by atoms with Crippen LogP contribution in [0.2, 0.25) is 0 Å². The van der Waals surface area contributed by atoms with E-state index in [1.54, 1.807) is 13.8 Å². The zero-order chi connectivity index (χ0) is 25.8. The van der Waals surface area contributed by atoms with Gasteiger partial charge < -0.3 is 19.1 Å². The number of ether oxygens (including phenoxy) is 1. The number of hydrogen-bond donors (Lipinski definition) is 1. The zero-order valence-electron chi connectivity index (χ0n) is 22.2. The van der Waals surface area contributed by atoms with Gasteiger partial charge in [0.2, 0.25) is 0 Å². The van der Waals surface area contributed by atoms with Crippen molar-refractivity contribution in [3.63, 3.8) is 0 Å². The maximum absolute atomic E-state index is 12.4. The van der Waals surface area contributed by atoms with Crippen LogP contribution < -0.4 is 0 Å². The van der Waals surface area contributed by atoms with E-state index in [2.05, 4.69) is 0 Å². The number of hydrogen-bond acceptors (Lipinski definition) is 5. The molecule has 0 radical (unpaired) electrons. The third-order valence-electron chi connectivity index (χ3n) is 6.21. The van der Waals surface area contributed by atoms with Crippen LogP contribution in [0.3, 0.4) is 0 Å². The fourth-order valence-corrected chi connectivity index (χ4v) is 4.25. The summed E-state index contributed by atoms with van der Waals surface area (Å²) in [6.07, 6.45) is 13.3. The van der Waals surface area contributed by atoms with Crippen molar-refractivity contribution < 1.29 is 33.5 Å². The minimum absolute atomic E-state index is 0.142. The first-order valence-corrected chi connectivity index (χ1v) is 13.3. The molecule has 0 fully saturated rings. The Morgan fingerprint density at radius 2 is 1.32 bits per heavy atom. The highest BCUT2D eigenvalue weighted by atomic mass is 16.5. The molecule has 0 aromatic carbocycles. The molecule has 0 heterocycles. The molecule has 0 saturated heterocycles. The van der Waals surface area contributed by atoms with Gasteiger partial charge in [-0.05, 0) is 46.0 Å². The van der Waals surface area contributed by atoms with Gasteiger partial charge in [0.25, 0.3) is 0 Å². The first kappa shape index (κ1) is 32.2. The topological polar surface area (TPSA) is 97.7 Å². The van der Waals surface area contributed by atoms with Crippen molar-refractivity contribution in [2.75, 3.05) is 33.8 Å². The maximum atomic E-state index is 12.4. The normalized spacial score (nSPS) is 12.4. The van der Waals surface area contributed by atoms with Crippen molar-refractivity contribution in [2.45, 2.75) is 110 Å². The molecule has 198 valence electrons. The standard InChI is InChI=1S/C27H49NO6/c1-5-34-27(33)24(18-14-12-13-17-23(2)29)21-25(30)19-15-10-8-6-7-9-11-16-20-28(3,4)22-26(31)32/h24H,5-22H2,1-4H3/p+1. The van der Waals surface area contributed by atoms with Crippen molar-refractivity contribution in [1.29, 1.82) is 0 Å². The zero-order valence-corrected chi connectivity index (χ0v) is 22.2. The second kappa shape index (κ2) is 19.5. The molecule has 0 saturated carbocycles. The van der Waals surface area contributed by atoms with Gasteiger partial charge in [0.05, 0.1) is 33.2 Å². The molecular formula is C27H50NO6+. The number of quaternary nitrogens is 1. The van der Waals surface area contributed by atoms with Gasteiger partial charge in [-0.3, -0.25) is 9.59 Å². The predicted octanol–water partition coefficient (Wildman–Crippen LogP) is 5.34. The monoisotopic (exact) mass is 484 g/mol. The van der Waals surface area contributed by atoms with Gasteiger partial charge in [-0.15, -0.1) is 0 Å². The Kier molecular flexibility index (Phi) is 18.5. The molecule has 0 aliphatic rings. The summed E-state index contributed by atoms with van der Waals surface area (Å²) in [5.74, 6) is -1.05. The van der Waals surface area contributed by atoms with Crippen molar-refractivity contribution in [3.8, 4) is 0 Å². The molecule has 7 nitrogen and oxygen atoms in total. The third kappa shape index (κ3) is 19.7. The number of carbonyl (C=O) groups excluding carboxylic acids is 3. The first-order valence-electron chi connectivity index (χ1n) is 13.3. The Hall–Kier alpha value is -1.76. The van der Waals surface area contributed by atoms with Gasteiger partial charge in [-0.1, -0.05) is 44.9 Å². The Morgan fingerprint density at radius 1 is 0.794 bits per heavy atom. The predicted molar refractivity (Wildman–Crippen MR) is 135 cm³/mol. The van der Waals surface area contributed by atoms with Crippen LogP contribution in [-0.4, -0.2) is 66.9 Å². The largest absolute Gasteiger partial charge is 0.477 e. The van der Waals surface area contributed by atoms with E-state index in [1.807, 2.05) is 14.1 Å². The molecule has 0 rings (SSSR count). The van der Waals surface area contributed by atoms with E-state index in [1.165, 1.54) is 12.8 Å². The lowest BCUT2D eigenvalue weighted by atomic mass is 9.93. The number of nitrogens with zero attached hydrogens (tertiary/aromatic N) is 1. The first-order chi connectivity index (χ1) is 16.1. The van der Waals surface area contributed by atoms with Crippen LogP contribution in [0.15, 0.2) is 0 Å². The molecule has 1 atom stereocenters. The summed E-state index contributed by atoms with van der Waals surface area (Å²) in [6.45, 7) is 4.75. The van der Waals surface area contributed by atoms with Crippen LogP contribution >= 0.6 is 0 Å². The lowest BCUT2D eigenvalue weighted by Crippen LogP contribution is -2.44. The Morgan fingerprint density at radius 3 is 1.88 bits per heavy atom. The number of unbranched alkanes of at least 4 members (excludes halogenated alkanes) is 9. The van der Waals surface area contributed by atoms with Crippen LogP contribution in [0.1, 0.15) is 110 Å². The number of aliphatic carboxylic acids is 1. The van der Waals surface area contributed by atoms with E-state index in [4.69, 9.17) is 9.84 Å². The van der Waals surface area contributed by atoms with Crippen LogP contribution in [-0.2, 0) is 23.9 Å². The fourth-order valence-electron chi connectivity index (χ4n) is 4.25. The number of ketones is 2. The minimum Gasteiger partial charge on any atom is -0.477 e. The summed E-state index contributed by atoms with van der Waals surface area (Å²) in [6, 6.07) is 0. The Labute approximate surface area is 207 Å². The molecule has 1 unspecified atom stereocenters. The van der Waals surface area contributed by atoms with E-state index < -0.39 is 5.97 Å². The summed E-state index contributed by atoms with van der Waals surface area (Å²) in [7, 11) is 3.92. The van der Waals surface area contributed by atoms with E-state index in [0.717, 1.165) is 64.3 Å². The van der Waals surface area contributed by atoms with E-state index >= 15 is 0 Å². The van der Waals surface area contributed by atoms with E-state index in [-0.39, 0.29) is 36.4 Å². The number of Topliss-reactive ketones (excluding diaryl/α,β-unsaturated/α-hetero) is 2. The van der Waals surface area contributed by atoms with Gasteiger partial charge >= 0.3 is 11.9 Å². The number of carbonyl (C=O) groups is 4. The van der Waals surface area contributed by atoms with Gasteiger partial charge in [0, 0.05) is 19.3 Å². The summed E-state index contributed by atoms with van der Waals surface area (Å²) >= 11 is 0. The van der Waals surface area contributed by atoms with Gasteiger partial charge in [-0.2, -0.15) is 0 Å². The summed E-state index contributed by atoms with van der Waals surface area (Å²) < 4.78 is 5.69. The second-order valence-electron chi connectivity index (χ2n) is 10.3. The van der Waals surface area contributed by atoms with Crippen molar-refractivity contribution in [3.05, 3.63) is 0 Å². The highest BCUT2D eigenvalue weighted by molar-refractivity contribution is 5.84. The van der Waals surface area contributed by atoms with Crippen LogP contribution in [0.25, 0.3) is 0 Å². The van der Waals surface area contributed by atoms with Crippen molar-refractivity contribution in [1.82, 2.24) is 0 Å². The summed E-state index contributed by atoms with van der Waals surface area (Å²) in [4.78, 5) is 46.5.